The van der Waals surface area contributed by atoms with Crippen molar-refractivity contribution in [1.29, 1.82) is 0 Å². The van der Waals surface area contributed by atoms with E-state index >= 15 is 0 Å². The maximum Gasteiger partial charge on any atom is 0.317 e. The van der Waals surface area contributed by atoms with Crippen molar-refractivity contribution >= 4 is 11.9 Å². The highest BCUT2D eigenvalue weighted by atomic mass is 16.5. The van der Waals surface area contributed by atoms with Gasteiger partial charge >= 0.3 is 6.03 Å². The van der Waals surface area contributed by atoms with E-state index in [1.54, 1.807) is 11.1 Å². The van der Waals surface area contributed by atoms with Crippen LogP contribution >= 0.6 is 0 Å². The first-order valence-corrected chi connectivity index (χ1v) is 10.7. The molecule has 2 aliphatic heterocycles. The smallest absolute Gasteiger partial charge is 0.317 e. The van der Waals surface area contributed by atoms with Gasteiger partial charge in [-0.1, -0.05) is 5.21 Å². The van der Waals surface area contributed by atoms with Crippen LogP contribution in [0.15, 0.2) is 18.3 Å². The summed E-state index contributed by atoms with van der Waals surface area (Å²) < 4.78 is 8.10. The van der Waals surface area contributed by atoms with Gasteiger partial charge in [-0.2, -0.15) is 0 Å². The van der Waals surface area contributed by atoms with Crippen LogP contribution in [-0.2, 0) is 24.4 Å². The summed E-state index contributed by atoms with van der Waals surface area (Å²) in [4.78, 5) is 32.8. The number of nitrogens with zero attached hydrogens (tertiary/aromatic N) is 6. The predicted molar refractivity (Wildman–Crippen MR) is 112 cm³/mol. The number of nitrogens with one attached hydrogen (secondary N) is 1. The van der Waals surface area contributed by atoms with Crippen LogP contribution in [0.3, 0.4) is 0 Å². The molecule has 2 aromatic rings. The predicted octanol–water partition coefficient (Wildman–Crippen LogP) is 1.35. The Balaban J connectivity index is 1.39. The summed E-state index contributed by atoms with van der Waals surface area (Å²) in [6.07, 6.45) is 2.37. The van der Waals surface area contributed by atoms with Crippen LogP contribution in [0.5, 0.6) is 0 Å². The average molecular weight is 428 g/mol. The molecule has 10 heteroatoms. The molecule has 0 aliphatic carbocycles. The fraction of sp³-hybridized carbons (Fsp3) is 0.571. The second-order valence-electron chi connectivity index (χ2n) is 8.11. The minimum absolute atomic E-state index is 0.0304. The Labute approximate surface area is 181 Å². The van der Waals surface area contributed by atoms with Crippen molar-refractivity contribution < 1.29 is 14.3 Å². The molecule has 3 amide bonds. The van der Waals surface area contributed by atoms with E-state index in [1.165, 1.54) is 0 Å². The van der Waals surface area contributed by atoms with Crippen LogP contribution in [0.2, 0.25) is 0 Å². The lowest BCUT2D eigenvalue weighted by atomic mass is 10.0. The van der Waals surface area contributed by atoms with E-state index < -0.39 is 5.60 Å². The molecule has 166 valence electrons. The van der Waals surface area contributed by atoms with E-state index in [9.17, 15) is 9.59 Å². The number of hydrogen-bond donors (Lipinski definition) is 1. The number of likely N-dealkylation sites (tertiary alicyclic amines) is 1. The molecule has 1 spiro atoms. The number of aryl methyl sites for hydroxylation is 1. The Kier molecular flexibility index (Phi) is 5.90. The minimum atomic E-state index is -0.462. The van der Waals surface area contributed by atoms with Gasteiger partial charge in [-0.3, -0.25) is 9.78 Å². The zero-order chi connectivity index (χ0) is 22.0. The third-order valence-corrected chi connectivity index (χ3v) is 6.09. The Morgan fingerprint density at radius 1 is 1.26 bits per heavy atom. The Bertz CT molecular complexity index is 954. The first-order chi connectivity index (χ1) is 14.9. The third-order valence-electron chi connectivity index (χ3n) is 6.09. The number of amides is 3. The van der Waals surface area contributed by atoms with Gasteiger partial charge in [0.25, 0.3) is 5.91 Å². The summed E-state index contributed by atoms with van der Waals surface area (Å²) in [6, 6.07) is 3.54. The summed E-state index contributed by atoms with van der Waals surface area (Å²) in [7, 11) is 0. The molecule has 4 rings (SSSR count). The number of carbonyl (C=O) groups excluding carboxylic acids is 2. The van der Waals surface area contributed by atoms with Crippen molar-refractivity contribution in [3.8, 4) is 0 Å². The lowest BCUT2D eigenvalue weighted by molar-refractivity contribution is -0.0828. The number of ether oxygens (including phenoxy) is 1. The molecule has 0 aromatic carbocycles. The highest BCUT2D eigenvalue weighted by Gasteiger charge is 2.45. The molecule has 4 heterocycles. The summed E-state index contributed by atoms with van der Waals surface area (Å²) in [5.74, 6) is -0.0304. The molecule has 31 heavy (non-hydrogen) atoms. The monoisotopic (exact) mass is 427 g/mol. The second kappa shape index (κ2) is 8.62. The average Bonchev–Trinajstić information content (AvgIpc) is 3.37. The van der Waals surface area contributed by atoms with Crippen LogP contribution in [0.4, 0.5) is 4.79 Å². The number of aromatic nitrogens is 4. The van der Waals surface area contributed by atoms with Crippen LogP contribution in [0, 0.1) is 6.92 Å². The van der Waals surface area contributed by atoms with Crippen LogP contribution in [0.25, 0.3) is 0 Å². The molecule has 2 aliphatic rings. The van der Waals surface area contributed by atoms with Crippen molar-refractivity contribution in [1.82, 2.24) is 35.1 Å². The van der Waals surface area contributed by atoms with Crippen molar-refractivity contribution in [3.63, 3.8) is 0 Å². The molecule has 0 bridgehead atoms. The van der Waals surface area contributed by atoms with Crippen molar-refractivity contribution in [3.05, 3.63) is 41.0 Å². The van der Waals surface area contributed by atoms with Gasteiger partial charge in [0.2, 0.25) is 0 Å². The minimum Gasteiger partial charge on any atom is -0.365 e. The number of pyridine rings is 1. The van der Waals surface area contributed by atoms with Gasteiger partial charge in [0.15, 0.2) is 0 Å². The Morgan fingerprint density at radius 2 is 2.06 bits per heavy atom. The molecule has 1 saturated heterocycles. The van der Waals surface area contributed by atoms with Gasteiger partial charge in [-0.25, -0.2) is 9.48 Å². The van der Waals surface area contributed by atoms with Crippen LogP contribution < -0.4 is 5.32 Å². The summed E-state index contributed by atoms with van der Waals surface area (Å²) in [6.45, 7) is 9.44. The highest BCUT2D eigenvalue weighted by Crippen LogP contribution is 2.33. The van der Waals surface area contributed by atoms with Crippen LogP contribution in [0.1, 0.15) is 47.7 Å². The maximum absolute atomic E-state index is 12.8. The molecular formula is C21H29N7O3. The molecule has 0 radical (unpaired) electrons. The van der Waals surface area contributed by atoms with E-state index in [-0.39, 0.29) is 11.9 Å². The van der Waals surface area contributed by atoms with Gasteiger partial charge in [-0.15, -0.1) is 5.10 Å². The zero-order valence-corrected chi connectivity index (χ0v) is 18.3. The summed E-state index contributed by atoms with van der Waals surface area (Å²) in [5.41, 5.74) is 2.60. The van der Waals surface area contributed by atoms with Gasteiger partial charge in [0, 0.05) is 31.5 Å². The molecule has 0 saturated carbocycles. The van der Waals surface area contributed by atoms with Crippen molar-refractivity contribution in [2.75, 3.05) is 26.2 Å². The van der Waals surface area contributed by atoms with E-state index in [2.05, 4.69) is 20.6 Å². The fourth-order valence-corrected chi connectivity index (χ4v) is 4.15. The molecule has 2 aromatic heterocycles. The largest absolute Gasteiger partial charge is 0.365 e. The second-order valence-corrected chi connectivity index (χ2v) is 8.11. The normalized spacial score (nSPS) is 20.0. The molecule has 10 nitrogen and oxygen atoms in total. The number of carbonyl (C=O) groups is 2. The first-order valence-electron chi connectivity index (χ1n) is 10.7. The van der Waals surface area contributed by atoms with E-state index in [0.717, 1.165) is 17.8 Å². The fourth-order valence-electron chi connectivity index (χ4n) is 4.15. The van der Waals surface area contributed by atoms with Gasteiger partial charge in [0.1, 0.15) is 11.3 Å². The molecule has 1 unspecified atom stereocenters. The van der Waals surface area contributed by atoms with Gasteiger partial charge in [0.05, 0.1) is 37.5 Å². The molecular weight excluding hydrogens is 398 g/mol. The van der Waals surface area contributed by atoms with Crippen LogP contribution in [-0.4, -0.2) is 73.5 Å². The molecule has 1 fully saturated rings. The summed E-state index contributed by atoms with van der Waals surface area (Å²) in [5, 5.41) is 11.4. The third kappa shape index (κ3) is 4.25. The van der Waals surface area contributed by atoms with Gasteiger partial charge < -0.3 is 19.9 Å². The Hall–Kier alpha value is -3.01. The number of rotatable bonds is 5. The standard InChI is InChI=1S/C21H29N7O3/c1-4-26(5-2)20(30)23-11-17-18-12-31-21(14-28(18)25-24-17)8-9-27(13-21)19(29)16-7-6-15(3)22-10-16/h6-7,10H,4-5,8-9,11-14H2,1-3H3,(H,23,30). The first kappa shape index (κ1) is 21.2. The molecule has 1 atom stereocenters. The Morgan fingerprint density at radius 3 is 2.77 bits per heavy atom. The maximum atomic E-state index is 12.8. The SMILES string of the molecule is CCN(CC)C(=O)NCc1nnn2c1COC1(CCN(C(=O)c3ccc(C)nc3)C1)C2. The topological polar surface area (TPSA) is 105 Å². The van der Waals surface area contributed by atoms with E-state index in [4.69, 9.17) is 4.74 Å². The van der Waals surface area contributed by atoms with E-state index in [1.807, 2.05) is 42.5 Å². The highest BCUT2D eigenvalue weighted by molar-refractivity contribution is 5.94. The number of urea groups is 1. The zero-order valence-electron chi connectivity index (χ0n) is 18.3. The quantitative estimate of drug-likeness (QED) is 0.772. The number of hydrogen-bond acceptors (Lipinski definition) is 6. The number of fused-ring (bicyclic) bond motifs is 1. The lowest BCUT2D eigenvalue weighted by Crippen LogP contribution is -2.45. The lowest BCUT2D eigenvalue weighted by Gasteiger charge is -2.34. The van der Waals surface area contributed by atoms with Crippen molar-refractivity contribution in [2.24, 2.45) is 0 Å². The van der Waals surface area contributed by atoms with Crippen molar-refractivity contribution in [2.45, 2.75) is 52.5 Å². The summed E-state index contributed by atoms with van der Waals surface area (Å²) >= 11 is 0. The van der Waals surface area contributed by atoms with Gasteiger partial charge in [-0.05, 0) is 39.3 Å². The molecule has 1 N–H and O–H groups in total. The van der Waals surface area contributed by atoms with E-state index in [0.29, 0.717) is 57.1 Å².